The summed E-state index contributed by atoms with van der Waals surface area (Å²) in [6, 6.07) is 3.80. The van der Waals surface area contributed by atoms with Crippen molar-refractivity contribution in [1.29, 1.82) is 0 Å². The lowest BCUT2D eigenvalue weighted by Gasteiger charge is -2.26. The molecular weight excluding hydrogens is 386 g/mol. The molecule has 0 bridgehead atoms. The third kappa shape index (κ3) is 8.12. The van der Waals surface area contributed by atoms with Gasteiger partial charge in [0.2, 0.25) is 10.0 Å². The Hall–Kier alpha value is -1.97. The Bertz CT molecular complexity index is 891. The lowest BCUT2D eigenvalue weighted by atomic mass is 9.83. The number of ether oxygens (including phenoxy) is 1. The fourth-order valence-corrected chi connectivity index (χ4v) is 4.09. The zero-order chi connectivity index (χ0) is 21.4. The highest BCUT2D eigenvalue weighted by Crippen LogP contribution is 2.43. The maximum Gasteiger partial charge on any atom is 0.208 e. The number of sulfonamides is 1. The Labute approximate surface area is 175 Å². The van der Waals surface area contributed by atoms with Crippen LogP contribution in [0.25, 0.3) is 0 Å². The van der Waals surface area contributed by atoms with Gasteiger partial charge in [-0.05, 0) is 70.1 Å². The molecule has 0 amide bonds. The van der Waals surface area contributed by atoms with Crippen molar-refractivity contribution in [1.82, 2.24) is 4.72 Å². The van der Waals surface area contributed by atoms with Gasteiger partial charge in [0.15, 0.2) is 0 Å². The second-order valence-corrected chi connectivity index (χ2v) is 9.86. The van der Waals surface area contributed by atoms with Gasteiger partial charge in [0.25, 0.3) is 0 Å². The molecule has 5 nitrogen and oxygen atoms in total. The number of phenols is 1. The molecule has 1 aliphatic rings. The van der Waals surface area contributed by atoms with E-state index in [1.54, 1.807) is 6.07 Å². The van der Waals surface area contributed by atoms with E-state index in [1.807, 2.05) is 19.9 Å². The molecule has 0 heterocycles. The number of aromatic hydroxyl groups is 1. The topological polar surface area (TPSA) is 75.6 Å². The molecule has 29 heavy (non-hydrogen) atoms. The molecule has 0 aromatic heterocycles. The van der Waals surface area contributed by atoms with E-state index < -0.39 is 10.0 Å². The van der Waals surface area contributed by atoms with Crippen molar-refractivity contribution in [3.05, 3.63) is 34.9 Å². The minimum Gasteiger partial charge on any atom is -0.508 e. The molecule has 0 radical (unpaired) electrons. The average molecular weight is 420 g/mol. The van der Waals surface area contributed by atoms with Crippen molar-refractivity contribution in [3.63, 3.8) is 0 Å². The third-order valence-corrected chi connectivity index (χ3v) is 5.52. The molecule has 0 fully saturated rings. The standard InChI is InChI=1S/C23H33NO4S/c1-17(2)28-22-16-19(11-7-5-6-8-13-24-29(4,26)27)15-21(25)23(22)20-12-9-10-18(3)14-20/h10,15-17,20,24-25H,6,8-9,11-14H2,1-4H3/t20-/m0/s1. The third-order valence-electron chi connectivity index (χ3n) is 4.79. The number of rotatable bonds is 8. The summed E-state index contributed by atoms with van der Waals surface area (Å²) in [6.07, 6.45) is 8.24. The Kier molecular flexibility index (Phi) is 8.60. The van der Waals surface area contributed by atoms with Gasteiger partial charge in [0.1, 0.15) is 11.5 Å². The molecule has 1 aliphatic carbocycles. The molecule has 1 atom stereocenters. The highest BCUT2D eigenvalue weighted by Gasteiger charge is 2.24. The van der Waals surface area contributed by atoms with Crippen molar-refractivity contribution < 1.29 is 18.3 Å². The van der Waals surface area contributed by atoms with Crippen LogP contribution in [0, 0.1) is 11.8 Å². The highest BCUT2D eigenvalue weighted by molar-refractivity contribution is 7.88. The van der Waals surface area contributed by atoms with Crippen LogP contribution in [0.3, 0.4) is 0 Å². The number of hydrogen-bond donors (Lipinski definition) is 2. The van der Waals surface area contributed by atoms with Gasteiger partial charge in [-0.1, -0.05) is 17.6 Å². The fourth-order valence-electron chi connectivity index (χ4n) is 3.57. The molecule has 0 spiro atoms. The smallest absolute Gasteiger partial charge is 0.208 e. The van der Waals surface area contributed by atoms with Gasteiger partial charge in [-0.25, -0.2) is 13.1 Å². The molecule has 160 valence electrons. The van der Waals surface area contributed by atoms with Gasteiger partial charge in [-0.15, -0.1) is 5.92 Å². The molecule has 0 aliphatic heterocycles. The van der Waals surface area contributed by atoms with Crippen LogP contribution in [0.1, 0.15) is 69.9 Å². The first-order chi connectivity index (χ1) is 13.7. The number of allylic oxidation sites excluding steroid dienone is 2. The number of benzene rings is 1. The maximum atomic E-state index is 11.0. The second kappa shape index (κ2) is 10.7. The quantitative estimate of drug-likeness (QED) is 0.375. The van der Waals surface area contributed by atoms with Gasteiger partial charge in [0, 0.05) is 24.9 Å². The minimum absolute atomic E-state index is 0.0251. The van der Waals surface area contributed by atoms with E-state index in [2.05, 4.69) is 29.6 Å². The van der Waals surface area contributed by atoms with Crippen LogP contribution in [0.2, 0.25) is 0 Å². The van der Waals surface area contributed by atoms with Crippen molar-refractivity contribution in [2.75, 3.05) is 12.8 Å². The predicted octanol–water partition coefficient (Wildman–Crippen LogP) is 4.27. The van der Waals surface area contributed by atoms with Crippen molar-refractivity contribution >= 4 is 10.0 Å². The van der Waals surface area contributed by atoms with E-state index in [0.717, 1.165) is 42.4 Å². The van der Waals surface area contributed by atoms with Gasteiger partial charge in [0.05, 0.1) is 12.4 Å². The number of unbranched alkanes of at least 4 members (excludes halogenated alkanes) is 1. The lowest BCUT2D eigenvalue weighted by molar-refractivity contribution is 0.236. The monoisotopic (exact) mass is 419 g/mol. The Balaban J connectivity index is 2.07. The van der Waals surface area contributed by atoms with Gasteiger partial charge >= 0.3 is 0 Å². The van der Waals surface area contributed by atoms with E-state index in [1.165, 1.54) is 5.57 Å². The molecule has 0 unspecified atom stereocenters. The first kappa shape index (κ1) is 23.3. The predicted molar refractivity (Wildman–Crippen MR) is 118 cm³/mol. The van der Waals surface area contributed by atoms with Crippen molar-refractivity contribution in [2.45, 2.75) is 71.3 Å². The molecule has 2 N–H and O–H groups in total. The van der Waals surface area contributed by atoms with Crippen LogP contribution >= 0.6 is 0 Å². The molecule has 2 rings (SSSR count). The van der Waals surface area contributed by atoms with Crippen LogP contribution in [0.15, 0.2) is 23.8 Å². The summed E-state index contributed by atoms with van der Waals surface area (Å²) < 4.78 is 30.5. The molecule has 0 saturated heterocycles. The van der Waals surface area contributed by atoms with E-state index in [-0.39, 0.29) is 17.8 Å². The minimum atomic E-state index is -3.14. The Morgan fingerprint density at radius 1 is 1.31 bits per heavy atom. The zero-order valence-corrected chi connectivity index (χ0v) is 18.7. The molecule has 1 aromatic carbocycles. The summed E-state index contributed by atoms with van der Waals surface area (Å²) in [5.74, 6) is 7.50. The van der Waals surface area contributed by atoms with Gasteiger partial charge in [-0.2, -0.15) is 0 Å². The fraction of sp³-hybridized carbons (Fsp3) is 0.565. The molecule has 1 aromatic rings. The summed E-state index contributed by atoms with van der Waals surface area (Å²) in [5.41, 5.74) is 3.19. The van der Waals surface area contributed by atoms with Crippen LogP contribution in [-0.2, 0) is 16.4 Å². The van der Waals surface area contributed by atoms with Crippen LogP contribution in [-0.4, -0.2) is 32.4 Å². The molecule has 0 saturated carbocycles. The number of nitrogens with one attached hydrogen (secondary N) is 1. The summed E-state index contributed by atoms with van der Waals surface area (Å²) in [6.45, 7) is 6.51. The maximum absolute atomic E-state index is 11.0. The number of hydrogen-bond acceptors (Lipinski definition) is 4. The van der Waals surface area contributed by atoms with Gasteiger partial charge in [-0.3, -0.25) is 0 Å². The summed E-state index contributed by atoms with van der Waals surface area (Å²) >= 11 is 0. The van der Waals surface area contributed by atoms with Crippen molar-refractivity contribution in [2.24, 2.45) is 0 Å². The largest absolute Gasteiger partial charge is 0.508 e. The SMILES string of the molecule is CC1=CCC[C@H](c2c(O)cc(CC#CCCCNS(C)(=O)=O)cc2OC(C)C)C1. The van der Waals surface area contributed by atoms with Crippen LogP contribution in [0.4, 0.5) is 0 Å². The van der Waals surface area contributed by atoms with Crippen LogP contribution in [0.5, 0.6) is 11.5 Å². The zero-order valence-electron chi connectivity index (χ0n) is 17.9. The summed E-state index contributed by atoms with van der Waals surface area (Å²) in [4.78, 5) is 0. The second-order valence-electron chi connectivity index (χ2n) is 8.02. The number of phenolic OH excluding ortho intramolecular Hbond substituents is 1. The normalized spacial score (nSPS) is 16.9. The van der Waals surface area contributed by atoms with Gasteiger partial charge < -0.3 is 9.84 Å². The Morgan fingerprint density at radius 3 is 2.72 bits per heavy atom. The Morgan fingerprint density at radius 2 is 2.07 bits per heavy atom. The summed E-state index contributed by atoms with van der Waals surface area (Å²) in [7, 11) is -3.14. The average Bonchev–Trinajstić information content (AvgIpc) is 2.59. The first-order valence-electron chi connectivity index (χ1n) is 10.2. The van der Waals surface area contributed by atoms with E-state index in [4.69, 9.17) is 4.74 Å². The van der Waals surface area contributed by atoms with Crippen LogP contribution < -0.4 is 9.46 Å². The molecule has 6 heteroatoms. The van der Waals surface area contributed by atoms with Crippen molar-refractivity contribution in [3.8, 4) is 23.3 Å². The van der Waals surface area contributed by atoms with E-state index in [0.29, 0.717) is 25.8 Å². The first-order valence-corrected chi connectivity index (χ1v) is 12.1. The van der Waals surface area contributed by atoms with E-state index >= 15 is 0 Å². The molecular formula is C23H33NO4S. The highest BCUT2D eigenvalue weighted by atomic mass is 32.2. The lowest BCUT2D eigenvalue weighted by Crippen LogP contribution is -2.22. The summed E-state index contributed by atoms with van der Waals surface area (Å²) in [5, 5.41) is 10.8. The van der Waals surface area contributed by atoms with E-state index in [9.17, 15) is 13.5 Å².